The van der Waals surface area contributed by atoms with Crippen molar-refractivity contribution in [2.24, 2.45) is 0 Å². The van der Waals surface area contributed by atoms with Crippen LogP contribution in [0.4, 0.5) is 0 Å². The Labute approximate surface area is 152 Å². The van der Waals surface area contributed by atoms with Crippen LogP contribution in [0.2, 0.25) is 5.02 Å². The fourth-order valence-corrected chi connectivity index (χ4v) is 4.02. The Bertz CT molecular complexity index is 955. The molecule has 1 N–H and O–H groups in total. The molecule has 24 heavy (non-hydrogen) atoms. The van der Waals surface area contributed by atoms with Gasteiger partial charge in [0.25, 0.3) is 5.91 Å². The first-order valence-corrected chi connectivity index (χ1v) is 8.81. The molecule has 5 nitrogen and oxygen atoms in total. The first-order chi connectivity index (χ1) is 11.5. The fraction of sp³-hybridized carbons (Fsp3) is 0.235. The smallest absolute Gasteiger partial charge is 0.290 e. The zero-order chi connectivity index (χ0) is 16.8. The van der Waals surface area contributed by atoms with Crippen molar-refractivity contribution in [1.29, 1.82) is 0 Å². The summed E-state index contributed by atoms with van der Waals surface area (Å²) in [7, 11) is 0. The lowest BCUT2D eigenvalue weighted by atomic mass is 9.98. The number of hydrogen-bond acceptors (Lipinski definition) is 3. The molecule has 1 aliphatic rings. The van der Waals surface area contributed by atoms with Gasteiger partial charge in [-0.15, -0.1) is 0 Å². The van der Waals surface area contributed by atoms with E-state index in [0.29, 0.717) is 28.4 Å². The molecule has 4 rings (SSSR count). The number of aromatic amines is 1. The summed E-state index contributed by atoms with van der Waals surface area (Å²) in [6.45, 7) is 2.64. The number of H-pyrrole nitrogens is 1. The highest BCUT2D eigenvalue weighted by molar-refractivity contribution is 9.10. The molecule has 2 aromatic heterocycles. The van der Waals surface area contributed by atoms with Crippen molar-refractivity contribution in [2.45, 2.75) is 19.4 Å². The Morgan fingerprint density at radius 3 is 3.12 bits per heavy atom. The molecule has 0 radical (unpaired) electrons. The van der Waals surface area contributed by atoms with Crippen LogP contribution in [0.15, 0.2) is 34.9 Å². The maximum Gasteiger partial charge on any atom is 0.290 e. The number of imidazole rings is 1. The van der Waals surface area contributed by atoms with E-state index < -0.39 is 0 Å². The molecule has 1 amide bonds. The standard InChI is InChI=1S/C17H14BrClN4O/c1-9-11-3-2-5-20-13(11)4-6-23(9)17(24)16-21-14-8-10(18)7-12(19)15(14)22-16/h2-3,5,7-9H,4,6H2,1H3,(H,21,22)/t9-/m1/s1. The summed E-state index contributed by atoms with van der Waals surface area (Å²) in [4.78, 5) is 26.7. The summed E-state index contributed by atoms with van der Waals surface area (Å²) in [5.74, 6) is 0.185. The van der Waals surface area contributed by atoms with Crippen molar-refractivity contribution >= 4 is 44.5 Å². The molecule has 7 heteroatoms. The van der Waals surface area contributed by atoms with Gasteiger partial charge in [0.15, 0.2) is 5.82 Å². The van der Waals surface area contributed by atoms with Crippen molar-refractivity contribution in [2.75, 3.05) is 6.54 Å². The number of rotatable bonds is 1. The molecular formula is C17H14BrClN4O. The summed E-state index contributed by atoms with van der Waals surface area (Å²) in [5, 5.41) is 0.534. The normalized spacial score (nSPS) is 17.1. The van der Waals surface area contributed by atoms with E-state index in [1.807, 2.05) is 30.0 Å². The number of nitrogens with zero attached hydrogens (tertiary/aromatic N) is 3. The number of carbonyl (C=O) groups excluding carboxylic acids is 1. The van der Waals surface area contributed by atoms with E-state index in [0.717, 1.165) is 22.2 Å². The Kier molecular flexibility index (Phi) is 3.81. The number of halogens is 2. The molecule has 0 saturated heterocycles. The average molecular weight is 406 g/mol. The summed E-state index contributed by atoms with van der Waals surface area (Å²) in [6, 6.07) is 7.51. The van der Waals surface area contributed by atoms with Gasteiger partial charge >= 0.3 is 0 Å². The molecule has 0 bridgehead atoms. The minimum Gasteiger partial charge on any atom is -0.333 e. The van der Waals surface area contributed by atoms with Gasteiger partial charge in [0.05, 0.1) is 22.1 Å². The molecular weight excluding hydrogens is 392 g/mol. The van der Waals surface area contributed by atoms with Crippen LogP contribution in [0.1, 0.15) is 34.8 Å². The zero-order valence-corrected chi connectivity index (χ0v) is 15.2. The van der Waals surface area contributed by atoms with Crippen molar-refractivity contribution in [3.8, 4) is 0 Å². The number of hydrogen-bond donors (Lipinski definition) is 1. The van der Waals surface area contributed by atoms with E-state index in [9.17, 15) is 4.79 Å². The second-order valence-electron chi connectivity index (χ2n) is 5.83. The lowest BCUT2D eigenvalue weighted by molar-refractivity contribution is 0.0665. The fourth-order valence-electron chi connectivity index (χ4n) is 3.18. The predicted octanol–water partition coefficient (Wildman–Crippen LogP) is 4.13. The SMILES string of the molecule is C[C@@H]1c2cccnc2CCN1C(=O)c1nc2cc(Br)cc(Cl)c2[nH]1. The highest BCUT2D eigenvalue weighted by Gasteiger charge is 2.30. The summed E-state index contributed by atoms with van der Waals surface area (Å²) < 4.78 is 0.830. The van der Waals surface area contributed by atoms with Gasteiger partial charge in [-0.25, -0.2) is 4.98 Å². The van der Waals surface area contributed by atoms with E-state index in [1.165, 1.54) is 0 Å². The Morgan fingerprint density at radius 1 is 1.46 bits per heavy atom. The van der Waals surface area contributed by atoms with Crippen LogP contribution in [-0.2, 0) is 6.42 Å². The molecule has 1 aromatic carbocycles. The van der Waals surface area contributed by atoms with Gasteiger partial charge in [0.2, 0.25) is 0 Å². The lowest BCUT2D eigenvalue weighted by Gasteiger charge is -2.34. The number of benzene rings is 1. The molecule has 0 unspecified atom stereocenters. The number of pyridine rings is 1. The molecule has 0 spiro atoms. The zero-order valence-electron chi connectivity index (χ0n) is 12.9. The third-order valence-corrected chi connectivity index (χ3v) is 5.16. The maximum absolute atomic E-state index is 12.9. The third-order valence-electron chi connectivity index (χ3n) is 4.41. The molecule has 3 aromatic rings. The Morgan fingerprint density at radius 2 is 2.29 bits per heavy atom. The topological polar surface area (TPSA) is 61.9 Å². The molecule has 1 aliphatic heterocycles. The highest BCUT2D eigenvalue weighted by Crippen LogP contribution is 2.30. The van der Waals surface area contributed by atoms with Crippen LogP contribution in [0, 0.1) is 0 Å². The largest absolute Gasteiger partial charge is 0.333 e. The van der Waals surface area contributed by atoms with Crippen LogP contribution >= 0.6 is 27.5 Å². The minimum absolute atomic E-state index is 0.0367. The average Bonchev–Trinajstić information content (AvgIpc) is 2.99. The molecule has 0 aliphatic carbocycles. The van der Waals surface area contributed by atoms with Gasteiger partial charge < -0.3 is 9.88 Å². The molecule has 1 atom stereocenters. The minimum atomic E-state index is -0.125. The first kappa shape index (κ1) is 15.6. The number of fused-ring (bicyclic) bond motifs is 2. The Balaban J connectivity index is 1.71. The van der Waals surface area contributed by atoms with E-state index in [4.69, 9.17) is 11.6 Å². The lowest BCUT2D eigenvalue weighted by Crippen LogP contribution is -2.39. The van der Waals surface area contributed by atoms with Gasteiger partial charge in [0, 0.05) is 29.3 Å². The molecule has 122 valence electrons. The summed E-state index contributed by atoms with van der Waals surface area (Å²) in [6.07, 6.45) is 2.54. The van der Waals surface area contributed by atoms with Gasteiger partial charge in [-0.1, -0.05) is 33.6 Å². The van der Waals surface area contributed by atoms with E-state index >= 15 is 0 Å². The number of carbonyl (C=O) groups is 1. The Hall–Kier alpha value is -1.92. The first-order valence-electron chi connectivity index (χ1n) is 7.64. The van der Waals surface area contributed by atoms with Crippen LogP contribution in [0.25, 0.3) is 11.0 Å². The molecule has 0 fully saturated rings. The summed E-state index contributed by atoms with van der Waals surface area (Å²) >= 11 is 9.62. The van der Waals surface area contributed by atoms with Crippen molar-refractivity contribution < 1.29 is 4.79 Å². The highest BCUT2D eigenvalue weighted by atomic mass is 79.9. The van der Waals surface area contributed by atoms with E-state index in [2.05, 4.69) is 30.9 Å². The van der Waals surface area contributed by atoms with Crippen molar-refractivity contribution in [3.05, 3.63) is 57.0 Å². The van der Waals surface area contributed by atoms with Crippen LogP contribution < -0.4 is 0 Å². The number of aromatic nitrogens is 3. The summed E-state index contributed by atoms with van der Waals surface area (Å²) in [5.41, 5.74) is 3.50. The second-order valence-corrected chi connectivity index (χ2v) is 7.15. The van der Waals surface area contributed by atoms with Crippen molar-refractivity contribution in [3.63, 3.8) is 0 Å². The molecule has 3 heterocycles. The predicted molar refractivity (Wildman–Crippen MR) is 96.2 cm³/mol. The van der Waals surface area contributed by atoms with E-state index in [-0.39, 0.29) is 11.9 Å². The van der Waals surface area contributed by atoms with Crippen LogP contribution in [0.3, 0.4) is 0 Å². The third kappa shape index (κ3) is 2.50. The maximum atomic E-state index is 12.9. The van der Waals surface area contributed by atoms with Crippen molar-refractivity contribution in [1.82, 2.24) is 19.9 Å². The van der Waals surface area contributed by atoms with E-state index in [1.54, 1.807) is 12.3 Å². The second kappa shape index (κ2) is 5.86. The van der Waals surface area contributed by atoms with Gasteiger partial charge in [-0.05, 0) is 30.7 Å². The number of nitrogens with one attached hydrogen (secondary N) is 1. The number of amides is 1. The van der Waals surface area contributed by atoms with Gasteiger partial charge in [-0.3, -0.25) is 9.78 Å². The quantitative estimate of drug-likeness (QED) is 0.662. The van der Waals surface area contributed by atoms with Crippen LogP contribution in [0.5, 0.6) is 0 Å². The van der Waals surface area contributed by atoms with Gasteiger partial charge in [-0.2, -0.15) is 0 Å². The van der Waals surface area contributed by atoms with Gasteiger partial charge in [0.1, 0.15) is 0 Å². The molecule has 0 saturated carbocycles. The monoisotopic (exact) mass is 404 g/mol. The van der Waals surface area contributed by atoms with Crippen LogP contribution in [-0.4, -0.2) is 32.3 Å².